The second-order valence-corrected chi connectivity index (χ2v) is 7.78. The first kappa shape index (κ1) is 20.8. The second kappa shape index (κ2) is 10.0. The minimum Gasteiger partial charge on any atom is -0.264 e. The van der Waals surface area contributed by atoms with E-state index in [1.54, 1.807) is 12.4 Å². The van der Waals surface area contributed by atoms with Crippen LogP contribution in [0.15, 0.2) is 116 Å². The lowest BCUT2D eigenvalue weighted by Gasteiger charge is -2.18. The molecule has 0 aliphatic heterocycles. The molecule has 4 aromatic rings. The van der Waals surface area contributed by atoms with E-state index in [2.05, 4.69) is 77.6 Å². The van der Waals surface area contributed by atoms with E-state index in [0.29, 0.717) is 5.15 Å². The van der Waals surface area contributed by atoms with Crippen molar-refractivity contribution >= 4 is 11.6 Å². The monoisotopic (exact) mass is 422 g/mol. The van der Waals surface area contributed by atoms with Crippen molar-refractivity contribution in [3.05, 3.63) is 143 Å². The molecular formula is C28H23ClN2. The van der Waals surface area contributed by atoms with Crippen LogP contribution in [-0.4, -0.2) is 9.97 Å². The molecule has 0 radical (unpaired) electrons. The summed E-state index contributed by atoms with van der Waals surface area (Å²) in [5.74, 6) is 0.0301. The molecule has 2 aromatic heterocycles. The van der Waals surface area contributed by atoms with Gasteiger partial charge >= 0.3 is 0 Å². The summed E-state index contributed by atoms with van der Waals surface area (Å²) in [4.78, 5) is 8.80. The van der Waals surface area contributed by atoms with Gasteiger partial charge in [-0.05, 0) is 46.9 Å². The van der Waals surface area contributed by atoms with Gasteiger partial charge in [0.1, 0.15) is 5.15 Å². The van der Waals surface area contributed by atoms with Crippen LogP contribution >= 0.6 is 11.6 Å². The van der Waals surface area contributed by atoms with Gasteiger partial charge in [0.25, 0.3) is 0 Å². The summed E-state index contributed by atoms with van der Waals surface area (Å²) in [6.45, 7) is 2.11. The molecular weight excluding hydrogens is 400 g/mol. The number of nitrogens with zero attached hydrogens (tertiary/aromatic N) is 2. The molecule has 0 fully saturated rings. The Morgan fingerprint density at radius 2 is 1.39 bits per heavy atom. The second-order valence-electron chi connectivity index (χ2n) is 7.39. The van der Waals surface area contributed by atoms with Crippen molar-refractivity contribution in [1.82, 2.24) is 9.97 Å². The number of halogens is 1. The topological polar surface area (TPSA) is 25.8 Å². The van der Waals surface area contributed by atoms with Gasteiger partial charge < -0.3 is 0 Å². The summed E-state index contributed by atoms with van der Waals surface area (Å²) >= 11 is 6.41. The van der Waals surface area contributed by atoms with Gasteiger partial charge in [-0.1, -0.05) is 102 Å². The van der Waals surface area contributed by atoms with Crippen molar-refractivity contribution in [2.75, 3.05) is 0 Å². The fraction of sp³-hybridized carbons (Fsp3) is 0.0714. The lowest BCUT2D eigenvalue weighted by molar-refractivity contribution is 0.962. The van der Waals surface area contributed by atoms with E-state index in [1.807, 2.05) is 42.6 Å². The van der Waals surface area contributed by atoms with Crippen LogP contribution in [0.3, 0.4) is 0 Å². The highest BCUT2D eigenvalue weighted by Crippen LogP contribution is 2.31. The zero-order chi connectivity index (χ0) is 21.5. The Balaban J connectivity index is 1.89. The van der Waals surface area contributed by atoms with E-state index in [-0.39, 0.29) is 5.92 Å². The fourth-order valence-corrected chi connectivity index (χ4v) is 3.78. The van der Waals surface area contributed by atoms with Gasteiger partial charge in [0, 0.05) is 24.5 Å². The van der Waals surface area contributed by atoms with E-state index in [9.17, 15) is 0 Å². The highest BCUT2D eigenvalue weighted by atomic mass is 35.5. The number of hydrogen-bond donors (Lipinski definition) is 0. The van der Waals surface area contributed by atoms with Crippen LogP contribution in [0.25, 0.3) is 11.1 Å². The quantitative estimate of drug-likeness (QED) is 0.342. The van der Waals surface area contributed by atoms with Crippen LogP contribution in [0.2, 0.25) is 5.15 Å². The summed E-state index contributed by atoms with van der Waals surface area (Å²) in [6, 6.07) is 33.0. The molecule has 0 amide bonds. The number of pyridine rings is 1. The Morgan fingerprint density at radius 3 is 2.16 bits per heavy atom. The van der Waals surface area contributed by atoms with Gasteiger partial charge in [-0.3, -0.25) is 4.98 Å². The summed E-state index contributed by atoms with van der Waals surface area (Å²) in [5, 5.41) is 0.434. The van der Waals surface area contributed by atoms with Gasteiger partial charge in [0.05, 0.1) is 0 Å². The number of aromatic nitrogens is 2. The zero-order valence-electron chi connectivity index (χ0n) is 17.3. The Morgan fingerprint density at radius 1 is 0.645 bits per heavy atom. The standard InChI is InChI=1S/C28H23ClN2/c1-21-8-5-12-24(18-21)28(26-14-7-17-30-19-26)23-11-6-13-25(20-31-27(29)16-15-23)22-9-3-2-4-10-22/h2-20,28H,1H3. The highest BCUT2D eigenvalue weighted by molar-refractivity contribution is 6.29. The van der Waals surface area contributed by atoms with Gasteiger partial charge in [-0.25, -0.2) is 4.98 Å². The zero-order valence-corrected chi connectivity index (χ0v) is 18.1. The van der Waals surface area contributed by atoms with E-state index < -0.39 is 0 Å². The van der Waals surface area contributed by atoms with Crippen LogP contribution in [0, 0.1) is 6.92 Å². The predicted octanol–water partition coefficient (Wildman–Crippen LogP) is 7.41. The summed E-state index contributed by atoms with van der Waals surface area (Å²) in [6.07, 6.45) is 5.53. The summed E-state index contributed by atoms with van der Waals surface area (Å²) in [7, 11) is 0. The van der Waals surface area contributed by atoms with Crippen LogP contribution in [0.1, 0.15) is 28.2 Å². The predicted molar refractivity (Wildman–Crippen MR) is 129 cm³/mol. The molecule has 3 heteroatoms. The molecule has 0 aliphatic rings. The molecule has 4 rings (SSSR count). The van der Waals surface area contributed by atoms with Gasteiger partial charge in [0.15, 0.2) is 0 Å². The number of benzene rings is 2. The third kappa shape index (κ3) is 5.36. The van der Waals surface area contributed by atoms with Crippen LogP contribution in [0.4, 0.5) is 0 Å². The molecule has 152 valence electrons. The SMILES string of the molecule is Cc1cccc(C(c2cccc(-c3ccccc3)cnc(Cl)cc2)c2cccnc2)c1. The summed E-state index contributed by atoms with van der Waals surface area (Å²) < 4.78 is 0. The molecule has 0 N–H and O–H groups in total. The minimum absolute atomic E-state index is 0.0301. The first-order valence-corrected chi connectivity index (χ1v) is 10.6. The molecule has 2 heterocycles. The molecule has 0 spiro atoms. The van der Waals surface area contributed by atoms with Crippen molar-refractivity contribution in [1.29, 1.82) is 0 Å². The average Bonchev–Trinajstić information content (AvgIpc) is 2.80. The highest BCUT2D eigenvalue weighted by Gasteiger charge is 2.16. The smallest absolute Gasteiger partial charge is 0.129 e. The molecule has 0 bridgehead atoms. The van der Waals surface area contributed by atoms with Crippen molar-refractivity contribution in [2.45, 2.75) is 12.8 Å². The number of rotatable bonds is 4. The maximum Gasteiger partial charge on any atom is 0.129 e. The van der Waals surface area contributed by atoms with Gasteiger partial charge in [-0.15, -0.1) is 0 Å². The molecule has 1 atom stereocenters. The lowest BCUT2D eigenvalue weighted by Crippen LogP contribution is -2.03. The van der Waals surface area contributed by atoms with E-state index in [4.69, 9.17) is 11.6 Å². The Kier molecular flexibility index (Phi) is 6.71. The first-order chi connectivity index (χ1) is 15.2. The van der Waals surface area contributed by atoms with Crippen LogP contribution in [-0.2, 0) is 0 Å². The lowest BCUT2D eigenvalue weighted by atomic mass is 9.86. The Bertz CT molecular complexity index is 1210. The van der Waals surface area contributed by atoms with Crippen LogP contribution < -0.4 is 0 Å². The minimum atomic E-state index is 0.0301. The molecule has 2 nitrogen and oxygen atoms in total. The normalized spacial score (nSPS) is 11.4. The van der Waals surface area contributed by atoms with E-state index >= 15 is 0 Å². The van der Waals surface area contributed by atoms with Gasteiger partial charge in [-0.2, -0.15) is 0 Å². The van der Waals surface area contributed by atoms with E-state index in [1.165, 1.54) is 11.1 Å². The molecule has 0 saturated heterocycles. The van der Waals surface area contributed by atoms with Gasteiger partial charge in [0.2, 0.25) is 0 Å². The first-order valence-electron chi connectivity index (χ1n) is 10.2. The maximum absolute atomic E-state index is 6.41. The fourth-order valence-electron chi connectivity index (χ4n) is 3.67. The number of hydrogen-bond acceptors (Lipinski definition) is 2. The van der Waals surface area contributed by atoms with Crippen molar-refractivity contribution in [3.63, 3.8) is 0 Å². The number of aryl methyl sites for hydroxylation is 1. The largest absolute Gasteiger partial charge is 0.264 e. The molecule has 0 saturated carbocycles. The maximum atomic E-state index is 6.41. The third-order valence-corrected chi connectivity index (χ3v) is 5.36. The Hall–Kier alpha value is -3.49. The van der Waals surface area contributed by atoms with Crippen LogP contribution in [0.5, 0.6) is 0 Å². The Labute approximate surface area is 188 Å². The van der Waals surface area contributed by atoms with Crippen molar-refractivity contribution < 1.29 is 0 Å². The molecule has 0 aliphatic carbocycles. The molecule has 1 unspecified atom stereocenters. The van der Waals surface area contributed by atoms with E-state index in [0.717, 1.165) is 22.3 Å². The van der Waals surface area contributed by atoms with Crippen molar-refractivity contribution in [2.24, 2.45) is 0 Å². The molecule has 31 heavy (non-hydrogen) atoms. The van der Waals surface area contributed by atoms with Crippen molar-refractivity contribution in [3.8, 4) is 11.1 Å². The average molecular weight is 423 g/mol. The third-order valence-electron chi connectivity index (χ3n) is 5.14. The molecule has 2 aromatic carbocycles. The summed E-state index contributed by atoms with van der Waals surface area (Å²) in [5.41, 5.74) is 6.76.